The van der Waals surface area contributed by atoms with Gasteiger partial charge in [-0.15, -0.1) is 0 Å². The van der Waals surface area contributed by atoms with E-state index in [1.54, 1.807) is 0 Å². The maximum atomic E-state index is 11.3. The van der Waals surface area contributed by atoms with Gasteiger partial charge in [0, 0.05) is 6.61 Å². The van der Waals surface area contributed by atoms with Crippen LogP contribution in [0, 0.1) is 11.3 Å². The predicted octanol–water partition coefficient (Wildman–Crippen LogP) is 2.46. The summed E-state index contributed by atoms with van der Waals surface area (Å²) < 4.78 is 6.00. The van der Waals surface area contributed by atoms with Gasteiger partial charge in [-0.05, 0) is 50.0 Å². The lowest BCUT2D eigenvalue weighted by Gasteiger charge is -2.38. The first-order chi connectivity index (χ1) is 9.34. The van der Waals surface area contributed by atoms with Crippen molar-refractivity contribution in [2.24, 2.45) is 17.1 Å². The van der Waals surface area contributed by atoms with Crippen molar-refractivity contribution in [3.05, 3.63) is 0 Å². The monoisotopic (exact) mass is 284 g/mol. The summed E-state index contributed by atoms with van der Waals surface area (Å²) in [5.41, 5.74) is 5.77. The van der Waals surface area contributed by atoms with Crippen molar-refractivity contribution in [3.8, 4) is 0 Å². The molecule has 0 spiro atoms. The molecule has 0 aromatic heterocycles. The van der Waals surface area contributed by atoms with E-state index in [0.717, 1.165) is 25.8 Å². The first-order valence-electron chi connectivity index (χ1n) is 7.98. The molecule has 0 bridgehead atoms. The average Bonchev–Trinajstić information content (AvgIpc) is 2.30. The maximum Gasteiger partial charge on any atom is 0.234 e. The summed E-state index contributed by atoms with van der Waals surface area (Å²) in [7, 11) is 0. The number of hydrogen-bond acceptors (Lipinski definition) is 3. The fourth-order valence-electron chi connectivity index (χ4n) is 3.40. The first kappa shape index (κ1) is 17.4. The second-order valence-electron chi connectivity index (χ2n) is 7.10. The fraction of sp³-hybridized carbons (Fsp3) is 0.938. The zero-order chi connectivity index (χ0) is 15.2. The second-order valence-corrected chi connectivity index (χ2v) is 7.10. The molecular formula is C16H32N2O2. The molecule has 3 atom stereocenters. The second kappa shape index (κ2) is 7.99. The molecule has 20 heavy (non-hydrogen) atoms. The molecule has 0 saturated heterocycles. The van der Waals surface area contributed by atoms with Crippen molar-refractivity contribution >= 4 is 5.91 Å². The molecule has 4 nitrogen and oxygen atoms in total. The van der Waals surface area contributed by atoms with Gasteiger partial charge in [0.1, 0.15) is 0 Å². The van der Waals surface area contributed by atoms with E-state index < -0.39 is 0 Å². The topological polar surface area (TPSA) is 64.3 Å². The smallest absolute Gasteiger partial charge is 0.234 e. The van der Waals surface area contributed by atoms with Crippen LogP contribution in [-0.2, 0) is 9.53 Å². The minimum atomic E-state index is -0.278. The van der Waals surface area contributed by atoms with Crippen LogP contribution >= 0.6 is 0 Å². The molecule has 1 rings (SSSR count). The molecule has 4 heteroatoms. The molecule has 1 saturated carbocycles. The highest BCUT2D eigenvalue weighted by molar-refractivity contribution is 5.79. The quantitative estimate of drug-likeness (QED) is 0.719. The van der Waals surface area contributed by atoms with E-state index in [2.05, 4.69) is 33.0 Å². The number of primary amides is 1. The zero-order valence-electron chi connectivity index (χ0n) is 13.6. The van der Waals surface area contributed by atoms with Crippen LogP contribution in [0.25, 0.3) is 0 Å². The number of ether oxygens (including phenoxy) is 1. The van der Waals surface area contributed by atoms with Crippen LogP contribution in [0.2, 0.25) is 0 Å². The van der Waals surface area contributed by atoms with Gasteiger partial charge in [-0.2, -0.15) is 0 Å². The highest BCUT2D eigenvalue weighted by atomic mass is 16.5. The zero-order valence-corrected chi connectivity index (χ0v) is 13.6. The minimum absolute atomic E-state index is 0.260. The molecule has 0 heterocycles. The van der Waals surface area contributed by atoms with E-state index in [0.29, 0.717) is 30.5 Å². The molecule has 1 amide bonds. The number of hydrogen-bond donors (Lipinski definition) is 2. The molecule has 1 aliphatic rings. The Hall–Kier alpha value is -0.610. The number of carbonyl (C=O) groups is 1. The van der Waals surface area contributed by atoms with Crippen molar-refractivity contribution in [2.75, 3.05) is 13.2 Å². The minimum Gasteiger partial charge on any atom is -0.378 e. The van der Waals surface area contributed by atoms with Crippen LogP contribution in [0.15, 0.2) is 0 Å². The normalized spacial score (nSPS) is 27.2. The Bertz CT molecular complexity index is 305. The Balaban J connectivity index is 2.33. The molecule has 0 aliphatic heterocycles. The van der Waals surface area contributed by atoms with Crippen molar-refractivity contribution in [1.29, 1.82) is 0 Å². The summed E-state index contributed by atoms with van der Waals surface area (Å²) in [6.07, 6.45) is 5.51. The van der Waals surface area contributed by atoms with Gasteiger partial charge in [-0.3, -0.25) is 4.79 Å². The van der Waals surface area contributed by atoms with E-state index in [9.17, 15) is 4.79 Å². The van der Waals surface area contributed by atoms with Crippen molar-refractivity contribution in [2.45, 2.75) is 71.9 Å². The molecule has 0 aromatic carbocycles. The van der Waals surface area contributed by atoms with Crippen LogP contribution in [0.5, 0.6) is 0 Å². The van der Waals surface area contributed by atoms with Crippen molar-refractivity contribution < 1.29 is 9.53 Å². The van der Waals surface area contributed by atoms with E-state index in [1.165, 1.54) is 6.42 Å². The molecule has 3 unspecified atom stereocenters. The largest absolute Gasteiger partial charge is 0.378 e. The van der Waals surface area contributed by atoms with Gasteiger partial charge in [-0.1, -0.05) is 27.7 Å². The molecule has 1 fully saturated rings. The molecule has 0 radical (unpaired) electrons. The summed E-state index contributed by atoms with van der Waals surface area (Å²) in [6, 6.07) is -0.260. The summed E-state index contributed by atoms with van der Waals surface area (Å²) in [5, 5.41) is 3.18. The third kappa shape index (κ3) is 6.23. The molecule has 0 aromatic rings. The van der Waals surface area contributed by atoms with Crippen molar-refractivity contribution in [1.82, 2.24) is 5.32 Å². The van der Waals surface area contributed by atoms with E-state index >= 15 is 0 Å². The number of rotatable bonds is 8. The van der Waals surface area contributed by atoms with Crippen LogP contribution in [0.1, 0.15) is 59.8 Å². The molecular weight excluding hydrogens is 252 g/mol. The van der Waals surface area contributed by atoms with E-state index in [-0.39, 0.29) is 11.9 Å². The summed E-state index contributed by atoms with van der Waals surface area (Å²) in [5.74, 6) is 0.438. The Morgan fingerprint density at radius 2 is 2.15 bits per heavy atom. The number of nitrogens with one attached hydrogen (secondary N) is 1. The van der Waals surface area contributed by atoms with Crippen LogP contribution in [0.4, 0.5) is 0 Å². The van der Waals surface area contributed by atoms with E-state index in [1.807, 2.05) is 0 Å². The fourth-order valence-corrected chi connectivity index (χ4v) is 3.40. The lowest BCUT2D eigenvalue weighted by atomic mass is 9.71. The van der Waals surface area contributed by atoms with Gasteiger partial charge in [-0.25, -0.2) is 0 Å². The van der Waals surface area contributed by atoms with Gasteiger partial charge < -0.3 is 15.8 Å². The van der Waals surface area contributed by atoms with Crippen LogP contribution in [0.3, 0.4) is 0 Å². The average molecular weight is 284 g/mol. The lowest BCUT2D eigenvalue weighted by Crippen LogP contribution is -2.42. The van der Waals surface area contributed by atoms with Gasteiger partial charge >= 0.3 is 0 Å². The first-order valence-corrected chi connectivity index (χ1v) is 7.98. The summed E-state index contributed by atoms with van der Waals surface area (Å²) >= 11 is 0. The third-order valence-corrected chi connectivity index (χ3v) is 4.09. The molecule has 3 N–H and O–H groups in total. The number of amides is 1. The van der Waals surface area contributed by atoms with Crippen LogP contribution < -0.4 is 11.1 Å². The van der Waals surface area contributed by atoms with Gasteiger partial charge in [0.15, 0.2) is 0 Å². The third-order valence-electron chi connectivity index (χ3n) is 4.09. The van der Waals surface area contributed by atoms with Crippen molar-refractivity contribution in [3.63, 3.8) is 0 Å². The Labute approximate surface area is 123 Å². The number of carbonyl (C=O) groups excluding carboxylic acids is 1. The Morgan fingerprint density at radius 1 is 1.45 bits per heavy atom. The maximum absolute atomic E-state index is 11.3. The summed E-state index contributed by atoms with van der Waals surface area (Å²) in [4.78, 5) is 11.3. The van der Waals surface area contributed by atoms with E-state index in [4.69, 9.17) is 10.5 Å². The lowest BCUT2D eigenvalue weighted by molar-refractivity contribution is -0.120. The summed E-state index contributed by atoms with van der Waals surface area (Å²) in [6.45, 7) is 10.4. The molecule has 118 valence electrons. The van der Waals surface area contributed by atoms with Gasteiger partial charge in [0.05, 0.1) is 12.1 Å². The SMILES string of the molecule is CCCNC(CCOC1CC(C)CC(C)(C)C1)C(N)=O. The number of nitrogens with two attached hydrogens (primary N) is 1. The highest BCUT2D eigenvalue weighted by Gasteiger charge is 2.32. The standard InChI is InChI=1S/C16H32N2O2/c1-5-7-18-14(15(17)19)6-8-20-13-9-12(2)10-16(3,4)11-13/h12-14,18H,5-11H2,1-4H3,(H2,17,19). The highest BCUT2D eigenvalue weighted by Crippen LogP contribution is 2.39. The Kier molecular flexibility index (Phi) is 6.96. The van der Waals surface area contributed by atoms with Gasteiger partial charge in [0.25, 0.3) is 0 Å². The predicted molar refractivity (Wildman–Crippen MR) is 82.4 cm³/mol. The van der Waals surface area contributed by atoms with Gasteiger partial charge in [0.2, 0.25) is 5.91 Å². The Morgan fingerprint density at radius 3 is 2.70 bits per heavy atom. The molecule has 1 aliphatic carbocycles. The van der Waals surface area contributed by atoms with Crippen LogP contribution in [-0.4, -0.2) is 31.2 Å².